The van der Waals surface area contributed by atoms with Crippen LogP contribution in [0, 0.1) is 0 Å². The van der Waals surface area contributed by atoms with Gasteiger partial charge in [-0.05, 0) is 63.4 Å². The molecule has 1 aromatic carbocycles. The Kier molecular flexibility index (Phi) is 6.69. The number of benzene rings is 1. The van der Waals surface area contributed by atoms with Gasteiger partial charge in [-0.2, -0.15) is 4.40 Å². The SMILES string of the molecule is COc1ccc(/C(CCCCl)=N/[S@@](=O)C(C)(C)C)cc1. The molecule has 5 heteroatoms. The molecule has 20 heavy (non-hydrogen) atoms. The van der Waals surface area contributed by atoms with Crippen molar-refractivity contribution in [2.45, 2.75) is 38.4 Å². The Morgan fingerprint density at radius 2 is 1.90 bits per heavy atom. The van der Waals surface area contributed by atoms with E-state index in [2.05, 4.69) is 4.40 Å². The Morgan fingerprint density at radius 3 is 2.35 bits per heavy atom. The van der Waals surface area contributed by atoms with Gasteiger partial charge in [-0.1, -0.05) is 0 Å². The van der Waals surface area contributed by atoms with E-state index < -0.39 is 11.0 Å². The zero-order valence-electron chi connectivity index (χ0n) is 12.5. The molecule has 0 radical (unpaired) electrons. The summed E-state index contributed by atoms with van der Waals surface area (Å²) in [7, 11) is 0.366. The number of alkyl halides is 1. The average Bonchev–Trinajstić information content (AvgIpc) is 2.42. The van der Waals surface area contributed by atoms with Crippen molar-refractivity contribution in [2.75, 3.05) is 13.0 Å². The first-order valence-corrected chi connectivity index (χ1v) is 8.22. The second-order valence-corrected chi connectivity index (χ2v) is 7.70. The summed E-state index contributed by atoms with van der Waals surface area (Å²) in [6, 6.07) is 7.63. The highest BCUT2D eigenvalue weighted by atomic mass is 35.5. The Labute approximate surface area is 129 Å². The number of halogens is 1. The molecule has 0 saturated heterocycles. The van der Waals surface area contributed by atoms with Gasteiger partial charge in [0.2, 0.25) is 0 Å². The van der Waals surface area contributed by atoms with Gasteiger partial charge in [-0.15, -0.1) is 11.6 Å². The fourth-order valence-corrected chi connectivity index (χ4v) is 2.30. The molecule has 0 amide bonds. The van der Waals surface area contributed by atoms with Crippen molar-refractivity contribution in [1.29, 1.82) is 0 Å². The van der Waals surface area contributed by atoms with Gasteiger partial charge in [0.1, 0.15) is 16.7 Å². The van der Waals surface area contributed by atoms with E-state index >= 15 is 0 Å². The summed E-state index contributed by atoms with van der Waals surface area (Å²) in [5.74, 6) is 1.36. The van der Waals surface area contributed by atoms with Crippen LogP contribution in [0.2, 0.25) is 0 Å². The molecule has 0 N–H and O–H groups in total. The number of hydrogen-bond donors (Lipinski definition) is 0. The van der Waals surface area contributed by atoms with Crippen LogP contribution >= 0.6 is 11.6 Å². The summed E-state index contributed by atoms with van der Waals surface area (Å²) in [5, 5.41) is 0. The zero-order chi connectivity index (χ0) is 15.2. The number of nitrogens with zero attached hydrogens (tertiary/aromatic N) is 1. The molecule has 0 unspecified atom stereocenters. The first-order valence-electron chi connectivity index (χ1n) is 6.58. The first kappa shape index (κ1) is 17.2. The van der Waals surface area contributed by atoms with Gasteiger partial charge >= 0.3 is 0 Å². The molecule has 0 saturated carbocycles. The van der Waals surface area contributed by atoms with Crippen molar-refractivity contribution in [1.82, 2.24) is 0 Å². The predicted molar refractivity (Wildman–Crippen MR) is 87.4 cm³/mol. The van der Waals surface area contributed by atoms with Crippen molar-refractivity contribution < 1.29 is 8.95 Å². The fourth-order valence-electron chi connectivity index (χ4n) is 1.50. The topological polar surface area (TPSA) is 38.7 Å². The second-order valence-electron chi connectivity index (χ2n) is 5.42. The van der Waals surface area contributed by atoms with Gasteiger partial charge < -0.3 is 4.74 Å². The van der Waals surface area contributed by atoms with Crippen LogP contribution in [0.3, 0.4) is 0 Å². The fraction of sp³-hybridized carbons (Fsp3) is 0.533. The van der Waals surface area contributed by atoms with E-state index in [4.69, 9.17) is 16.3 Å². The maximum atomic E-state index is 12.2. The minimum absolute atomic E-state index is 0.362. The molecule has 3 nitrogen and oxygen atoms in total. The van der Waals surface area contributed by atoms with Crippen molar-refractivity contribution in [3.05, 3.63) is 29.8 Å². The highest BCUT2D eigenvalue weighted by Crippen LogP contribution is 2.18. The molecule has 0 fully saturated rings. The minimum atomic E-state index is -1.26. The van der Waals surface area contributed by atoms with Crippen LogP contribution in [0.5, 0.6) is 5.75 Å². The maximum Gasteiger partial charge on any atom is 0.145 e. The van der Waals surface area contributed by atoms with Crippen LogP contribution in [0.15, 0.2) is 28.7 Å². The lowest BCUT2D eigenvalue weighted by atomic mass is 10.1. The molecule has 0 aliphatic heterocycles. The molecule has 112 valence electrons. The Bertz CT molecular complexity index is 478. The smallest absolute Gasteiger partial charge is 0.145 e. The van der Waals surface area contributed by atoms with Crippen LogP contribution in [-0.4, -0.2) is 27.7 Å². The largest absolute Gasteiger partial charge is 0.497 e. The second kappa shape index (κ2) is 7.79. The maximum absolute atomic E-state index is 12.2. The number of hydrogen-bond acceptors (Lipinski definition) is 2. The monoisotopic (exact) mass is 315 g/mol. The van der Waals surface area contributed by atoms with E-state index in [1.807, 2.05) is 45.0 Å². The Hall–Kier alpha value is -0.870. The average molecular weight is 316 g/mol. The van der Waals surface area contributed by atoms with Crippen LogP contribution < -0.4 is 4.74 Å². The molecule has 0 aliphatic rings. The van der Waals surface area contributed by atoms with E-state index in [1.54, 1.807) is 7.11 Å². The van der Waals surface area contributed by atoms with E-state index in [0.717, 1.165) is 29.9 Å². The molecule has 0 aromatic heterocycles. The summed E-state index contributed by atoms with van der Waals surface area (Å²) >= 11 is 5.76. The third-order valence-electron chi connectivity index (χ3n) is 2.69. The summed E-state index contributed by atoms with van der Waals surface area (Å²) in [6.07, 6.45) is 1.53. The van der Waals surface area contributed by atoms with E-state index in [9.17, 15) is 4.21 Å². The summed E-state index contributed by atoms with van der Waals surface area (Å²) < 4.78 is 21.4. The van der Waals surface area contributed by atoms with Crippen LogP contribution in [0.1, 0.15) is 39.2 Å². The summed E-state index contributed by atoms with van der Waals surface area (Å²) in [6.45, 7) is 5.75. The summed E-state index contributed by atoms with van der Waals surface area (Å²) in [5.41, 5.74) is 1.80. The minimum Gasteiger partial charge on any atom is -0.497 e. The first-order chi connectivity index (χ1) is 9.38. The number of methoxy groups -OCH3 is 1. The molecule has 1 atom stereocenters. The van der Waals surface area contributed by atoms with Crippen molar-refractivity contribution >= 4 is 28.3 Å². The molecule has 1 rings (SSSR count). The van der Waals surface area contributed by atoms with Crippen molar-refractivity contribution in [3.63, 3.8) is 0 Å². The lowest BCUT2D eigenvalue weighted by molar-refractivity contribution is 0.415. The summed E-state index contributed by atoms with van der Waals surface area (Å²) in [4.78, 5) is 0. The highest BCUT2D eigenvalue weighted by molar-refractivity contribution is 7.85. The van der Waals surface area contributed by atoms with E-state index in [1.165, 1.54) is 0 Å². The van der Waals surface area contributed by atoms with E-state index in [0.29, 0.717) is 5.88 Å². The normalized spacial score (nSPS) is 14.2. The van der Waals surface area contributed by atoms with Gasteiger partial charge in [0.05, 0.1) is 17.6 Å². The molecule has 0 aliphatic carbocycles. The molecule has 0 spiro atoms. The Balaban J connectivity index is 3.04. The predicted octanol–water partition coefficient (Wildman–Crippen LogP) is 3.97. The third kappa shape index (κ3) is 5.25. The van der Waals surface area contributed by atoms with Gasteiger partial charge in [-0.25, -0.2) is 4.21 Å². The number of ether oxygens (including phenoxy) is 1. The molecule has 1 aromatic rings. The Morgan fingerprint density at radius 1 is 1.30 bits per heavy atom. The molecule has 0 heterocycles. The van der Waals surface area contributed by atoms with Crippen LogP contribution in [0.25, 0.3) is 0 Å². The quantitative estimate of drug-likeness (QED) is 0.588. The molecular formula is C15H22ClNO2S. The van der Waals surface area contributed by atoms with Gasteiger partial charge in [0.25, 0.3) is 0 Å². The van der Waals surface area contributed by atoms with Crippen LogP contribution in [-0.2, 0) is 11.0 Å². The van der Waals surface area contributed by atoms with Gasteiger partial charge in [-0.3, -0.25) is 0 Å². The lowest BCUT2D eigenvalue weighted by Gasteiger charge is -2.15. The van der Waals surface area contributed by atoms with Gasteiger partial charge in [0, 0.05) is 5.88 Å². The lowest BCUT2D eigenvalue weighted by Crippen LogP contribution is -2.21. The highest BCUT2D eigenvalue weighted by Gasteiger charge is 2.20. The third-order valence-corrected chi connectivity index (χ3v) is 4.39. The van der Waals surface area contributed by atoms with Crippen LogP contribution in [0.4, 0.5) is 0 Å². The zero-order valence-corrected chi connectivity index (χ0v) is 14.1. The standard InChI is InChI=1S/C15H22ClNO2S/c1-15(2,3)20(18)17-14(6-5-11-16)12-7-9-13(19-4)10-8-12/h7-10H,5-6,11H2,1-4H3/b17-14+/t20-/m0/s1. The van der Waals surface area contributed by atoms with E-state index in [-0.39, 0.29) is 4.75 Å². The number of rotatable bonds is 6. The molecule has 0 bridgehead atoms. The van der Waals surface area contributed by atoms with Gasteiger partial charge in [0.15, 0.2) is 0 Å². The van der Waals surface area contributed by atoms with Crippen molar-refractivity contribution in [3.8, 4) is 5.75 Å². The van der Waals surface area contributed by atoms with Crippen molar-refractivity contribution in [2.24, 2.45) is 4.40 Å². The molecular weight excluding hydrogens is 294 g/mol.